The van der Waals surface area contributed by atoms with Gasteiger partial charge in [0.05, 0.1) is 6.04 Å². The van der Waals surface area contributed by atoms with E-state index in [-0.39, 0.29) is 11.9 Å². The molecule has 0 aliphatic rings. The van der Waals surface area contributed by atoms with E-state index in [0.717, 1.165) is 5.56 Å². The molecule has 1 unspecified atom stereocenters. The number of hydrogen-bond acceptors (Lipinski definition) is 4. The SMILES string of the molecule is CN(C)C(CNc1ncnc2c(F)cccc12)c1ccc(Cl)cc1. The van der Waals surface area contributed by atoms with Gasteiger partial charge in [-0.25, -0.2) is 14.4 Å². The zero-order valence-electron chi connectivity index (χ0n) is 13.5. The summed E-state index contributed by atoms with van der Waals surface area (Å²) in [7, 11) is 4.03. The van der Waals surface area contributed by atoms with Crippen LogP contribution in [-0.4, -0.2) is 35.5 Å². The van der Waals surface area contributed by atoms with Crippen LogP contribution < -0.4 is 5.32 Å². The number of hydrogen-bond donors (Lipinski definition) is 1. The third kappa shape index (κ3) is 3.47. The van der Waals surface area contributed by atoms with Crippen molar-refractivity contribution in [1.82, 2.24) is 14.9 Å². The molecule has 6 heteroatoms. The minimum absolute atomic E-state index is 0.126. The molecule has 1 N–H and O–H groups in total. The lowest BCUT2D eigenvalue weighted by Gasteiger charge is -2.25. The molecule has 0 aliphatic heterocycles. The van der Waals surface area contributed by atoms with Gasteiger partial charge in [0.15, 0.2) is 0 Å². The van der Waals surface area contributed by atoms with E-state index in [1.165, 1.54) is 12.4 Å². The highest BCUT2D eigenvalue weighted by molar-refractivity contribution is 6.30. The van der Waals surface area contributed by atoms with Gasteiger partial charge in [0.25, 0.3) is 0 Å². The molecule has 0 saturated heterocycles. The van der Waals surface area contributed by atoms with E-state index in [1.54, 1.807) is 6.07 Å². The van der Waals surface area contributed by atoms with Gasteiger partial charge in [0.1, 0.15) is 23.5 Å². The number of aromatic nitrogens is 2. The first-order valence-electron chi connectivity index (χ1n) is 7.61. The van der Waals surface area contributed by atoms with Crippen LogP contribution in [0.4, 0.5) is 10.2 Å². The van der Waals surface area contributed by atoms with E-state index < -0.39 is 0 Å². The van der Waals surface area contributed by atoms with Crippen molar-refractivity contribution < 1.29 is 4.39 Å². The minimum Gasteiger partial charge on any atom is -0.368 e. The van der Waals surface area contributed by atoms with Crippen molar-refractivity contribution >= 4 is 28.3 Å². The molecule has 1 aromatic heterocycles. The summed E-state index contributed by atoms with van der Waals surface area (Å²) >= 11 is 5.97. The Kier molecular flexibility index (Phi) is 4.92. The summed E-state index contributed by atoms with van der Waals surface area (Å²) in [6.45, 7) is 0.622. The number of fused-ring (bicyclic) bond motifs is 1. The molecule has 0 radical (unpaired) electrons. The van der Waals surface area contributed by atoms with Crippen LogP contribution in [0.2, 0.25) is 5.02 Å². The molecular weight excluding hydrogens is 327 g/mol. The average Bonchev–Trinajstić information content (AvgIpc) is 2.57. The summed E-state index contributed by atoms with van der Waals surface area (Å²) in [5.41, 5.74) is 1.46. The summed E-state index contributed by atoms with van der Waals surface area (Å²) < 4.78 is 13.9. The molecule has 0 aliphatic carbocycles. The molecule has 2 aromatic carbocycles. The topological polar surface area (TPSA) is 41.0 Å². The molecule has 3 rings (SSSR count). The molecule has 124 valence electrons. The fourth-order valence-corrected chi connectivity index (χ4v) is 2.80. The Morgan fingerprint density at radius 2 is 1.88 bits per heavy atom. The van der Waals surface area contributed by atoms with E-state index in [9.17, 15) is 4.39 Å². The third-order valence-corrected chi connectivity index (χ3v) is 4.21. The van der Waals surface area contributed by atoms with Crippen LogP contribution >= 0.6 is 11.6 Å². The quantitative estimate of drug-likeness (QED) is 0.755. The Bertz CT molecular complexity index is 836. The van der Waals surface area contributed by atoms with E-state index in [0.29, 0.717) is 28.3 Å². The highest BCUT2D eigenvalue weighted by Crippen LogP contribution is 2.24. The monoisotopic (exact) mass is 344 g/mol. The summed E-state index contributed by atoms with van der Waals surface area (Å²) in [6.07, 6.45) is 1.38. The van der Waals surface area contributed by atoms with Crippen LogP contribution in [0.5, 0.6) is 0 Å². The first-order chi connectivity index (χ1) is 11.6. The van der Waals surface area contributed by atoms with Gasteiger partial charge < -0.3 is 10.2 Å². The number of nitrogens with one attached hydrogen (secondary N) is 1. The van der Waals surface area contributed by atoms with Gasteiger partial charge in [-0.3, -0.25) is 0 Å². The molecule has 0 saturated carbocycles. The maximum atomic E-state index is 13.9. The second-order valence-electron chi connectivity index (χ2n) is 5.77. The van der Waals surface area contributed by atoms with Crippen molar-refractivity contribution in [2.75, 3.05) is 26.0 Å². The fraction of sp³-hybridized carbons (Fsp3) is 0.222. The van der Waals surface area contributed by atoms with Gasteiger partial charge in [0.2, 0.25) is 0 Å². The van der Waals surface area contributed by atoms with E-state index in [2.05, 4.69) is 20.2 Å². The number of halogens is 2. The lowest BCUT2D eigenvalue weighted by molar-refractivity contribution is 0.311. The summed E-state index contributed by atoms with van der Waals surface area (Å²) in [4.78, 5) is 10.4. The smallest absolute Gasteiger partial charge is 0.149 e. The van der Waals surface area contributed by atoms with Crippen molar-refractivity contribution in [2.45, 2.75) is 6.04 Å². The summed E-state index contributed by atoms with van der Waals surface area (Å²) in [5, 5.41) is 4.70. The van der Waals surface area contributed by atoms with Gasteiger partial charge in [-0.2, -0.15) is 0 Å². The van der Waals surface area contributed by atoms with Crippen LogP contribution in [0.1, 0.15) is 11.6 Å². The van der Waals surface area contributed by atoms with Crippen molar-refractivity contribution in [1.29, 1.82) is 0 Å². The number of rotatable bonds is 5. The second-order valence-corrected chi connectivity index (χ2v) is 6.21. The highest BCUT2D eigenvalue weighted by Gasteiger charge is 2.15. The van der Waals surface area contributed by atoms with Crippen LogP contribution in [-0.2, 0) is 0 Å². The number of nitrogens with zero attached hydrogens (tertiary/aromatic N) is 3. The zero-order valence-corrected chi connectivity index (χ0v) is 14.3. The molecular formula is C18H18ClFN4. The van der Waals surface area contributed by atoms with Crippen molar-refractivity contribution in [3.63, 3.8) is 0 Å². The Balaban J connectivity index is 1.85. The molecule has 0 spiro atoms. The summed E-state index contributed by atoms with van der Waals surface area (Å²) in [5.74, 6) is 0.278. The van der Waals surface area contributed by atoms with E-state index >= 15 is 0 Å². The number of anilines is 1. The maximum absolute atomic E-state index is 13.9. The van der Waals surface area contributed by atoms with E-state index in [1.807, 2.05) is 44.4 Å². The van der Waals surface area contributed by atoms with Crippen LogP contribution in [0, 0.1) is 5.82 Å². The summed E-state index contributed by atoms with van der Waals surface area (Å²) in [6, 6.07) is 12.8. The van der Waals surface area contributed by atoms with Gasteiger partial charge >= 0.3 is 0 Å². The number of para-hydroxylation sites is 1. The van der Waals surface area contributed by atoms with Crippen LogP contribution in [0.25, 0.3) is 10.9 Å². The lowest BCUT2D eigenvalue weighted by Crippen LogP contribution is -2.27. The van der Waals surface area contributed by atoms with E-state index in [4.69, 9.17) is 11.6 Å². The fourth-order valence-electron chi connectivity index (χ4n) is 2.67. The van der Waals surface area contributed by atoms with Gasteiger partial charge in [-0.15, -0.1) is 0 Å². The first kappa shape index (κ1) is 16.6. The largest absolute Gasteiger partial charge is 0.368 e. The standard InChI is InChI=1S/C18H18ClFN4/c1-24(2)16(12-6-8-13(19)9-7-12)10-21-18-14-4-3-5-15(20)17(14)22-11-23-18/h3-9,11,16H,10H2,1-2H3,(H,21,22,23). The van der Waals surface area contributed by atoms with Gasteiger partial charge in [-0.05, 0) is 43.9 Å². The normalized spacial score (nSPS) is 12.5. The number of likely N-dealkylation sites (N-methyl/N-ethyl adjacent to an activating group) is 1. The lowest BCUT2D eigenvalue weighted by atomic mass is 10.1. The predicted molar refractivity (Wildman–Crippen MR) is 95.9 cm³/mol. The zero-order chi connectivity index (χ0) is 17.1. The van der Waals surface area contributed by atoms with Crippen molar-refractivity contribution in [2.24, 2.45) is 0 Å². The van der Waals surface area contributed by atoms with Crippen molar-refractivity contribution in [3.05, 3.63) is 65.2 Å². The molecule has 0 fully saturated rings. The van der Waals surface area contributed by atoms with Crippen molar-refractivity contribution in [3.8, 4) is 0 Å². The maximum Gasteiger partial charge on any atom is 0.149 e. The minimum atomic E-state index is -0.347. The molecule has 0 amide bonds. The van der Waals surface area contributed by atoms with Crippen LogP contribution in [0.15, 0.2) is 48.8 Å². The molecule has 0 bridgehead atoms. The molecule has 1 atom stereocenters. The van der Waals surface area contributed by atoms with Gasteiger partial charge in [0, 0.05) is 17.0 Å². The molecule has 1 heterocycles. The second kappa shape index (κ2) is 7.11. The Morgan fingerprint density at radius 1 is 1.12 bits per heavy atom. The molecule has 4 nitrogen and oxygen atoms in total. The average molecular weight is 345 g/mol. The highest BCUT2D eigenvalue weighted by atomic mass is 35.5. The third-order valence-electron chi connectivity index (χ3n) is 3.96. The van der Waals surface area contributed by atoms with Crippen LogP contribution in [0.3, 0.4) is 0 Å². The Labute approximate surface area is 145 Å². The molecule has 24 heavy (non-hydrogen) atoms. The van der Waals surface area contributed by atoms with Gasteiger partial charge in [-0.1, -0.05) is 29.8 Å². The first-order valence-corrected chi connectivity index (χ1v) is 7.99. The molecule has 3 aromatic rings. The predicted octanol–water partition coefficient (Wildman–Crippen LogP) is 4.14. The Morgan fingerprint density at radius 3 is 2.58 bits per heavy atom. The number of benzene rings is 2. The Hall–Kier alpha value is -2.24.